The number of carbonyl (C=O) groups excluding carboxylic acids is 1. The Labute approximate surface area is 141 Å². The molecular weight excluding hydrogens is 307 g/mol. The normalized spacial score (nSPS) is 18.5. The first-order valence-electron chi connectivity index (χ1n) is 8.14. The van der Waals surface area contributed by atoms with Crippen LogP contribution in [0.5, 0.6) is 0 Å². The molecule has 0 saturated carbocycles. The highest BCUT2D eigenvalue weighted by molar-refractivity contribution is 5.92. The zero-order chi connectivity index (χ0) is 17.1. The van der Waals surface area contributed by atoms with Crippen molar-refractivity contribution < 1.29 is 9.18 Å². The van der Waals surface area contributed by atoms with E-state index in [1.165, 1.54) is 6.07 Å². The highest BCUT2D eigenvalue weighted by Crippen LogP contribution is 2.24. The summed E-state index contributed by atoms with van der Waals surface area (Å²) in [6.07, 6.45) is 0. The summed E-state index contributed by atoms with van der Waals surface area (Å²) in [6.45, 7) is 3.25. The van der Waals surface area contributed by atoms with Crippen molar-refractivity contribution in [3.05, 3.63) is 59.2 Å². The van der Waals surface area contributed by atoms with Crippen LogP contribution in [0.15, 0.2) is 36.4 Å². The number of nitrogens with one attached hydrogen (secondary N) is 2. The predicted molar refractivity (Wildman–Crippen MR) is 91.2 cm³/mol. The number of aromatic nitrogens is 1. The molecule has 3 rings (SSSR count). The molecule has 0 radical (unpaired) electrons. The van der Waals surface area contributed by atoms with Gasteiger partial charge in [0.25, 0.3) is 5.91 Å². The number of hydrogen-bond donors (Lipinski definition) is 2. The SMILES string of the molecule is CN(C)C(=O)c1ccc(CN2CCNCC2c2cccc(F)c2)[nH]1. The van der Waals surface area contributed by atoms with E-state index in [1.807, 2.05) is 18.2 Å². The van der Waals surface area contributed by atoms with Gasteiger partial charge in [0.15, 0.2) is 0 Å². The Balaban J connectivity index is 1.76. The number of hydrogen-bond acceptors (Lipinski definition) is 3. The fourth-order valence-electron chi connectivity index (χ4n) is 3.10. The Kier molecular flexibility index (Phi) is 4.97. The number of H-pyrrole nitrogens is 1. The monoisotopic (exact) mass is 330 g/mol. The van der Waals surface area contributed by atoms with E-state index in [4.69, 9.17) is 0 Å². The van der Waals surface area contributed by atoms with Gasteiger partial charge in [0, 0.05) is 52.0 Å². The minimum Gasteiger partial charge on any atom is -0.353 e. The predicted octanol–water partition coefficient (Wildman–Crippen LogP) is 2.00. The number of carbonyl (C=O) groups is 1. The van der Waals surface area contributed by atoms with E-state index < -0.39 is 0 Å². The smallest absolute Gasteiger partial charge is 0.269 e. The number of rotatable bonds is 4. The lowest BCUT2D eigenvalue weighted by molar-refractivity contribution is 0.0822. The standard InChI is InChI=1S/C18H23FN4O/c1-22(2)18(24)16-7-6-15(21-16)12-23-9-8-20-11-17(23)13-4-3-5-14(19)10-13/h3-7,10,17,20-21H,8-9,11-12H2,1-2H3. The van der Waals surface area contributed by atoms with Crippen molar-refractivity contribution in [2.45, 2.75) is 12.6 Å². The second kappa shape index (κ2) is 7.15. The highest BCUT2D eigenvalue weighted by Gasteiger charge is 2.24. The quantitative estimate of drug-likeness (QED) is 0.902. The Bertz CT molecular complexity index is 713. The Morgan fingerprint density at radius 3 is 2.92 bits per heavy atom. The van der Waals surface area contributed by atoms with Crippen molar-refractivity contribution in [3.8, 4) is 0 Å². The number of benzene rings is 1. The van der Waals surface area contributed by atoms with E-state index in [0.29, 0.717) is 12.2 Å². The van der Waals surface area contributed by atoms with Gasteiger partial charge in [-0.15, -0.1) is 0 Å². The molecule has 2 N–H and O–H groups in total. The van der Waals surface area contributed by atoms with Crippen molar-refractivity contribution in [1.29, 1.82) is 0 Å². The molecule has 0 bridgehead atoms. The lowest BCUT2D eigenvalue weighted by atomic mass is 10.0. The molecule has 5 nitrogen and oxygen atoms in total. The molecule has 1 unspecified atom stereocenters. The number of amides is 1. The van der Waals surface area contributed by atoms with Gasteiger partial charge >= 0.3 is 0 Å². The van der Waals surface area contributed by atoms with Crippen molar-refractivity contribution >= 4 is 5.91 Å². The van der Waals surface area contributed by atoms with E-state index >= 15 is 0 Å². The molecule has 0 spiro atoms. The molecule has 24 heavy (non-hydrogen) atoms. The van der Waals surface area contributed by atoms with Crippen LogP contribution >= 0.6 is 0 Å². The lowest BCUT2D eigenvalue weighted by Gasteiger charge is -2.36. The summed E-state index contributed by atoms with van der Waals surface area (Å²) in [4.78, 5) is 19.1. The van der Waals surface area contributed by atoms with Crippen LogP contribution in [0.2, 0.25) is 0 Å². The Hall–Kier alpha value is -2.18. The number of piperazine rings is 1. The molecule has 1 aliphatic heterocycles. The van der Waals surface area contributed by atoms with Crippen LogP contribution in [0.3, 0.4) is 0 Å². The third-order valence-corrected chi connectivity index (χ3v) is 4.34. The molecule has 128 valence electrons. The minimum absolute atomic E-state index is 0.0387. The van der Waals surface area contributed by atoms with Crippen LogP contribution in [0.25, 0.3) is 0 Å². The average molecular weight is 330 g/mol. The van der Waals surface area contributed by atoms with E-state index in [-0.39, 0.29) is 17.8 Å². The molecule has 1 aromatic carbocycles. The second-order valence-electron chi connectivity index (χ2n) is 6.34. The summed E-state index contributed by atoms with van der Waals surface area (Å²) in [5, 5.41) is 3.37. The molecular formula is C18H23FN4O. The summed E-state index contributed by atoms with van der Waals surface area (Å²) >= 11 is 0. The fourth-order valence-corrected chi connectivity index (χ4v) is 3.10. The lowest BCUT2D eigenvalue weighted by Crippen LogP contribution is -2.45. The van der Waals surface area contributed by atoms with Gasteiger partial charge in [0.05, 0.1) is 0 Å². The molecule has 6 heteroatoms. The summed E-state index contributed by atoms with van der Waals surface area (Å²) < 4.78 is 13.6. The maximum absolute atomic E-state index is 13.6. The maximum atomic E-state index is 13.6. The molecule has 0 aliphatic carbocycles. The molecule has 1 aliphatic rings. The minimum atomic E-state index is -0.211. The van der Waals surface area contributed by atoms with E-state index in [1.54, 1.807) is 31.1 Å². The van der Waals surface area contributed by atoms with Crippen molar-refractivity contribution in [3.63, 3.8) is 0 Å². The van der Waals surface area contributed by atoms with Crippen molar-refractivity contribution in [1.82, 2.24) is 20.1 Å². The molecule has 2 heterocycles. The largest absolute Gasteiger partial charge is 0.353 e. The molecule has 2 aromatic rings. The molecule has 1 fully saturated rings. The molecule has 1 saturated heterocycles. The molecule has 1 aromatic heterocycles. The van der Waals surface area contributed by atoms with E-state index in [2.05, 4.69) is 15.2 Å². The average Bonchev–Trinajstić information content (AvgIpc) is 3.03. The zero-order valence-corrected chi connectivity index (χ0v) is 14.1. The third-order valence-electron chi connectivity index (χ3n) is 4.34. The first-order chi connectivity index (χ1) is 11.5. The summed E-state index contributed by atoms with van der Waals surface area (Å²) in [6, 6.07) is 10.7. The van der Waals surface area contributed by atoms with Gasteiger partial charge < -0.3 is 15.2 Å². The van der Waals surface area contributed by atoms with Gasteiger partial charge in [-0.25, -0.2) is 4.39 Å². The van der Waals surface area contributed by atoms with Crippen LogP contribution < -0.4 is 5.32 Å². The topological polar surface area (TPSA) is 51.4 Å². The summed E-state index contributed by atoms with van der Waals surface area (Å²) in [7, 11) is 3.47. The van der Waals surface area contributed by atoms with Crippen molar-refractivity contribution in [2.24, 2.45) is 0 Å². The van der Waals surface area contributed by atoms with Crippen LogP contribution in [-0.4, -0.2) is 54.4 Å². The maximum Gasteiger partial charge on any atom is 0.269 e. The van der Waals surface area contributed by atoms with Crippen LogP contribution in [-0.2, 0) is 6.54 Å². The van der Waals surface area contributed by atoms with Gasteiger partial charge in [0.2, 0.25) is 0 Å². The van der Waals surface area contributed by atoms with Gasteiger partial charge in [-0.1, -0.05) is 12.1 Å². The van der Waals surface area contributed by atoms with Gasteiger partial charge in [0.1, 0.15) is 11.5 Å². The van der Waals surface area contributed by atoms with E-state index in [9.17, 15) is 9.18 Å². The third kappa shape index (κ3) is 3.66. The van der Waals surface area contributed by atoms with Crippen LogP contribution in [0, 0.1) is 5.82 Å². The summed E-state index contributed by atoms with van der Waals surface area (Å²) in [5.41, 5.74) is 2.55. The number of aromatic amines is 1. The zero-order valence-electron chi connectivity index (χ0n) is 14.1. The molecule has 1 amide bonds. The first kappa shape index (κ1) is 16.7. The Morgan fingerprint density at radius 2 is 2.17 bits per heavy atom. The number of halogens is 1. The van der Waals surface area contributed by atoms with Gasteiger partial charge in [-0.05, 0) is 29.8 Å². The Morgan fingerprint density at radius 1 is 1.33 bits per heavy atom. The van der Waals surface area contributed by atoms with Gasteiger partial charge in [-0.2, -0.15) is 0 Å². The van der Waals surface area contributed by atoms with Gasteiger partial charge in [-0.3, -0.25) is 9.69 Å². The van der Waals surface area contributed by atoms with Crippen LogP contribution in [0.4, 0.5) is 4.39 Å². The first-order valence-corrected chi connectivity index (χ1v) is 8.14. The van der Waals surface area contributed by atoms with Crippen molar-refractivity contribution in [2.75, 3.05) is 33.7 Å². The number of nitrogens with zero attached hydrogens (tertiary/aromatic N) is 2. The molecule has 1 atom stereocenters. The highest BCUT2D eigenvalue weighted by atomic mass is 19.1. The fraction of sp³-hybridized carbons (Fsp3) is 0.389. The van der Waals surface area contributed by atoms with Crippen LogP contribution in [0.1, 0.15) is 27.8 Å². The second-order valence-corrected chi connectivity index (χ2v) is 6.34. The van der Waals surface area contributed by atoms with E-state index in [0.717, 1.165) is 30.9 Å². The summed E-state index contributed by atoms with van der Waals surface area (Å²) in [5.74, 6) is -0.250.